The zero-order valence-electron chi connectivity index (χ0n) is 10.1. The van der Waals surface area contributed by atoms with Crippen LogP contribution < -0.4 is 11.1 Å². The molecule has 1 aromatic heterocycles. The Balaban J connectivity index is 2.17. The second kappa shape index (κ2) is 5.15. The molecule has 1 aliphatic rings. The summed E-state index contributed by atoms with van der Waals surface area (Å²) in [4.78, 5) is 4.38. The fraction of sp³-hybridized carbons (Fsp3) is 0.538. The lowest BCUT2D eigenvalue weighted by Gasteiger charge is -2.30. The summed E-state index contributed by atoms with van der Waals surface area (Å²) in [6, 6.07) is 6.22. The van der Waals surface area contributed by atoms with Gasteiger partial charge >= 0.3 is 0 Å². The first-order valence-electron chi connectivity index (χ1n) is 6.10. The third-order valence-electron chi connectivity index (χ3n) is 3.30. The minimum atomic E-state index is 0.164. The van der Waals surface area contributed by atoms with Crippen LogP contribution >= 0.6 is 0 Å². The van der Waals surface area contributed by atoms with Gasteiger partial charge in [-0.25, -0.2) is 4.98 Å². The molecule has 0 aliphatic heterocycles. The van der Waals surface area contributed by atoms with Crippen molar-refractivity contribution in [2.75, 3.05) is 5.32 Å². The number of rotatable bonds is 2. The van der Waals surface area contributed by atoms with Crippen molar-refractivity contribution >= 4 is 5.82 Å². The quantitative estimate of drug-likeness (QED) is 0.814. The van der Waals surface area contributed by atoms with E-state index in [9.17, 15) is 0 Å². The molecule has 0 amide bonds. The summed E-state index contributed by atoms with van der Waals surface area (Å²) in [5.74, 6) is 0.676. The molecule has 1 saturated carbocycles. The highest BCUT2D eigenvalue weighted by atomic mass is 15.0. The lowest BCUT2D eigenvalue weighted by Crippen LogP contribution is -2.42. The molecule has 90 valence electrons. The molecule has 0 aromatic carbocycles. The fourth-order valence-corrected chi connectivity index (χ4v) is 2.27. The molecule has 3 N–H and O–H groups in total. The number of nitrogens with one attached hydrogen (secondary N) is 1. The predicted octanol–water partition coefficient (Wildman–Crippen LogP) is 1.94. The van der Waals surface area contributed by atoms with Crippen molar-refractivity contribution in [1.29, 1.82) is 5.26 Å². The third kappa shape index (κ3) is 2.75. The van der Waals surface area contributed by atoms with E-state index in [4.69, 9.17) is 11.0 Å². The second-order valence-electron chi connectivity index (χ2n) is 4.66. The van der Waals surface area contributed by atoms with Gasteiger partial charge in [0.05, 0.1) is 5.56 Å². The number of hydrogen-bond donors (Lipinski definition) is 2. The first-order chi connectivity index (χ1) is 8.20. The van der Waals surface area contributed by atoms with E-state index < -0.39 is 0 Å². The first-order valence-corrected chi connectivity index (χ1v) is 6.10. The molecule has 0 saturated heterocycles. The number of nitrogens with zero attached hydrogens (tertiary/aromatic N) is 2. The number of pyridine rings is 1. The lowest BCUT2D eigenvalue weighted by atomic mass is 9.91. The van der Waals surface area contributed by atoms with Gasteiger partial charge in [-0.1, -0.05) is 12.8 Å². The largest absolute Gasteiger partial charge is 0.365 e. The molecular weight excluding hydrogens is 212 g/mol. The van der Waals surface area contributed by atoms with Crippen LogP contribution in [-0.2, 0) is 0 Å². The molecule has 17 heavy (non-hydrogen) atoms. The number of hydrogen-bond acceptors (Lipinski definition) is 4. The van der Waals surface area contributed by atoms with Crippen LogP contribution in [-0.4, -0.2) is 17.1 Å². The molecular formula is C13H18N4. The molecule has 2 rings (SSSR count). The van der Waals surface area contributed by atoms with Crippen LogP contribution in [0.4, 0.5) is 5.82 Å². The summed E-state index contributed by atoms with van der Waals surface area (Å²) in [6.45, 7) is 1.92. The summed E-state index contributed by atoms with van der Waals surface area (Å²) in [5.41, 5.74) is 7.59. The van der Waals surface area contributed by atoms with Crippen molar-refractivity contribution in [2.45, 2.75) is 44.7 Å². The van der Waals surface area contributed by atoms with E-state index in [0.29, 0.717) is 11.4 Å². The maximum Gasteiger partial charge on any atom is 0.144 e. The topological polar surface area (TPSA) is 74.7 Å². The molecule has 0 spiro atoms. The van der Waals surface area contributed by atoms with Gasteiger partial charge in [0.1, 0.15) is 11.9 Å². The van der Waals surface area contributed by atoms with Crippen molar-refractivity contribution in [3.63, 3.8) is 0 Å². The maximum absolute atomic E-state index is 9.04. The van der Waals surface area contributed by atoms with E-state index in [2.05, 4.69) is 16.4 Å². The Bertz CT molecular complexity index is 436. The summed E-state index contributed by atoms with van der Waals surface area (Å²) < 4.78 is 0. The average molecular weight is 230 g/mol. The Labute approximate surface area is 102 Å². The van der Waals surface area contributed by atoms with Crippen molar-refractivity contribution < 1.29 is 0 Å². The summed E-state index contributed by atoms with van der Waals surface area (Å²) in [5, 5.41) is 12.4. The van der Waals surface area contributed by atoms with E-state index in [1.54, 1.807) is 6.07 Å². The molecule has 1 aliphatic carbocycles. The summed E-state index contributed by atoms with van der Waals surface area (Å²) >= 11 is 0. The van der Waals surface area contributed by atoms with Gasteiger partial charge in [0.25, 0.3) is 0 Å². The van der Waals surface area contributed by atoms with E-state index in [0.717, 1.165) is 18.5 Å². The van der Waals surface area contributed by atoms with E-state index in [1.165, 1.54) is 12.8 Å². The van der Waals surface area contributed by atoms with Crippen LogP contribution in [0.3, 0.4) is 0 Å². The standard InChI is InChI=1S/C13H18N4/c1-9-6-7-10(8-14)13(16-9)17-12-5-3-2-4-11(12)15/h6-7,11-12H,2-5,15H2,1H3,(H,16,17)/t11-,12-/m1/s1. The van der Waals surface area contributed by atoms with Crippen LogP contribution in [0.2, 0.25) is 0 Å². The summed E-state index contributed by atoms with van der Waals surface area (Å²) in [7, 11) is 0. The van der Waals surface area contributed by atoms with Gasteiger partial charge in [-0.3, -0.25) is 0 Å². The van der Waals surface area contributed by atoms with Gasteiger partial charge < -0.3 is 11.1 Å². The Kier molecular flexibility index (Phi) is 3.60. The molecule has 2 atom stereocenters. The average Bonchev–Trinajstić information content (AvgIpc) is 2.32. The zero-order chi connectivity index (χ0) is 12.3. The molecule has 4 heteroatoms. The SMILES string of the molecule is Cc1ccc(C#N)c(N[C@@H]2CCCC[C@H]2N)n1. The molecule has 0 bridgehead atoms. The van der Waals surface area contributed by atoms with Crippen molar-refractivity contribution in [1.82, 2.24) is 4.98 Å². The molecule has 0 unspecified atom stereocenters. The van der Waals surface area contributed by atoms with Crippen molar-refractivity contribution in [3.05, 3.63) is 23.4 Å². The van der Waals surface area contributed by atoms with Gasteiger partial charge in [0.15, 0.2) is 0 Å². The van der Waals surface area contributed by atoms with Crippen LogP contribution in [0.1, 0.15) is 36.9 Å². The Hall–Kier alpha value is -1.60. The highest BCUT2D eigenvalue weighted by molar-refractivity contribution is 5.53. The molecule has 1 heterocycles. The first kappa shape index (κ1) is 11.9. The smallest absolute Gasteiger partial charge is 0.144 e. The Morgan fingerprint density at radius 3 is 2.88 bits per heavy atom. The lowest BCUT2D eigenvalue weighted by molar-refractivity contribution is 0.403. The highest BCUT2D eigenvalue weighted by Crippen LogP contribution is 2.22. The van der Waals surface area contributed by atoms with Crippen LogP contribution in [0.25, 0.3) is 0 Å². The van der Waals surface area contributed by atoms with Gasteiger partial charge in [-0.2, -0.15) is 5.26 Å². The van der Waals surface area contributed by atoms with Gasteiger partial charge in [-0.15, -0.1) is 0 Å². The van der Waals surface area contributed by atoms with E-state index in [-0.39, 0.29) is 12.1 Å². The van der Waals surface area contributed by atoms with Crippen molar-refractivity contribution in [2.24, 2.45) is 5.73 Å². The van der Waals surface area contributed by atoms with Crippen LogP contribution in [0, 0.1) is 18.3 Å². The molecule has 0 radical (unpaired) electrons. The Morgan fingerprint density at radius 1 is 1.41 bits per heavy atom. The second-order valence-corrected chi connectivity index (χ2v) is 4.66. The Morgan fingerprint density at radius 2 is 2.18 bits per heavy atom. The van der Waals surface area contributed by atoms with Crippen LogP contribution in [0.15, 0.2) is 12.1 Å². The highest BCUT2D eigenvalue weighted by Gasteiger charge is 2.22. The molecule has 1 aromatic rings. The minimum absolute atomic E-state index is 0.164. The van der Waals surface area contributed by atoms with Gasteiger partial charge in [0.2, 0.25) is 0 Å². The number of nitriles is 1. The minimum Gasteiger partial charge on any atom is -0.365 e. The van der Waals surface area contributed by atoms with E-state index in [1.807, 2.05) is 13.0 Å². The maximum atomic E-state index is 9.04. The monoisotopic (exact) mass is 230 g/mol. The molecule has 4 nitrogen and oxygen atoms in total. The zero-order valence-corrected chi connectivity index (χ0v) is 10.1. The van der Waals surface area contributed by atoms with Gasteiger partial charge in [-0.05, 0) is 31.9 Å². The third-order valence-corrected chi connectivity index (χ3v) is 3.30. The number of aromatic nitrogens is 1. The fourth-order valence-electron chi connectivity index (χ4n) is 2.27. The normalized spacial score (nSPS) is 24.1. The number of anilines is 1. The van der Waals surface area contributed by atoms with Crippen LogP contribution in [0.5, 0.6) is 0 Å². The van der Waals surface area contributed by atoms with E-state index >= 15 is 0 Å². The predicted molar refractivity (Wildman–Crippen MR) is 67.5 cm³/mol. The van der Waals surface area contributed by atoms with Crippen molar-refractivity contribution in [3.8, 4) is 6.07 Å². The summed E-state index contributed by atoms with van der Waals surface area (Å²) in [6.07, 6.45) is 4.50. The number of nitrogens with two attached hydrogens (primary N) is 1. The molecule has 1 fully saturated rings. The van der Waals surface area contributed by atoms with Gasteiger partial charge in [0, 0.05) is 17.8 Å². The number of aryl methyl sites for hydroxylation is 1.